The Kier molecular flexibility index (Phi) is 17.8. The molecule has 0 aromatic heterocycles. The van der Waals surface area contributed by atoms with E-state index in [0.717, 1.165) is 12.0 Å². The highest BCUT2D eigenvalue weighted by molar-refractivity contribution is 5.77. The Morgan fingerprint density at radius 3 is 2.02 bits per heavy atom. The van der Waals surface area contributed by atoms with Crippen molar-refractivity contribution in [2.24, 2.45) is 16.6 Å². The molecule has 0 aliphatic heterocycles. The summed E-state index contributed by atoms with van der Waals surface area (Å²) in [5, 5.41) is 17.6. The fourth-order valence-corrected chi connectivity index (χ4v) is 4.24. The van der Waals surface area contributed by atoms with E-state index in [1.54, 1.807) is 0 Å². The molecule has 3 amide bonds. The Balaban J connectivity index is 2.20. The van der Waals surface area contributed by atoms with Gasteiger partial charge in [0.15, 0.2) is 0 Å². The molecule has 0 radical (unpaired) electrons. The van der Waals surface area contributed by atoms with Crippen LogP contribution in [0.2, 0.25) is 0 Å². The summed E-state index contributed by atoms with van der Waals surface area (Å²) < 4.78 is 6.07. The molecule has 0 saturated heterocycles. The molecular weight excluding hydrogens is 548 g/mol. The van der Waals surface area contributed by atoms with Gasteiger partial charge in [-0.25, -0.2) is 0 Å². The van der Waals surface area contributed by atoms with E-state index in [4.69, 9.17) is 15.6 Å². The fraction of sp³-hybridized carbons (Fsp3) is 0.697. The average molecular weight is 605 g/mol. The maximum Gasteiger partial charge on any atom is 0.320 e. The molecule has 0 aliphatic rings. The molecular formula is C33H56N4O6. The number of aliphatic carboxylic acids is 1. The number of unbranched alkanes of at least 4 members (excludes halogenated alkanes) is 2. The van der Waals surface area contributed by atoms with Crippen molar-refractivity contribution in [3.05, 3.63) is 35.4 Å². The van der Waals surface area contributed by atoms with Gasteiger partial charge >= 0.3 is 5.97 Å². The highest BCUT2D eigenvalue weighted by Crippen LogP contribution is 2.23. The highest BCUT2D eigenvalue weighted by atomic mass is 16.5. The van der Waals surface area contributed by atoms with Crippen molar-refractivity contribution in [1.82, 2.24) is 16.0 Å². The molecule has 1 rings (SSSR count). The number of ether oxygens (including phenoxy) is 1. The van der Waals surface area contributed by atoms with E-state index in [1.165, 1.54) is 5.56 Å². The molecule has 43 heavy (non-hydrogen) atoms. The van der Waals surface area contributed by atoms with Crippen LogP contribution in [0.3, 0.4) is 0 Å². The molecule has 0 spiro atoms. The van der Waals surface area contributed by atoms with Crippen molar-refractivity contribution in [2.45, 2.75) is 105 Å². The standard InChI is InChI=1S/C33H56N4O6/c1-6-33(5,22-37-29(39)13-8-7-12-28(38)35-20-10-9-11-27(34)31(41)42)24-43-23-32(3,4)21-36-30(40)19-18-26-16-14-25(2)15-17-26/h14-17,27H,6-13,18-24,34H2,1-5H3,(H,35,38)(H,36,40)(H,37,39)(H,41,42)/t27-,33?/m0/s1. The molecule has 0 aliphatic carbocycles. The van der Waals surface area contributed by atoms with Crippen LogP contribution in [0.4, 0.5) is 0 Å². The number of hydrogen-bond acceptors (Lipinski definition) is 6. The van der Waals surface area contributed by atoms with Crippen molar-refractivity contribution in [3.8, 4) is 0 Å². The first-order chi connectivity index (χ1) is 20.2. The van der Waals surface area contributed by atoms with Crippen LogP contribution in [0.15, 0.2) is 24.3 Å². The molecule has 0 heterocycles. The van der Waals surface area contributed by atoms with Crippen molar-refractivity contribution in [3.63, 3.8) is 0 Å². The van der Waals surface area contributed by atoms with Crippen molar-refractivity contribution in [2.75, 3.05) is 32.8 Å². The van der Waals surface area contributed by atoms with E-state index >= 15 is 0 Å². The van der Waals surface area contributed by atoms with Gasteiger partial charge in [-0.2, -0.15) is 0 Å². The van der Waals surface area contributed by atoms with Crippen LogP contribution in [-0.4, -0.2) is 67.7 Å². The molecule has 244 valence electrons. The van der Waals surface area contributed by atoms with Crippen molar-refractivity contribution in [1.29, 1.82) is 0 Å². The first-order valence-electron chi connectivity index (χ1n) is 15.7. The SMILES string of the molecule is CCC(C)(CNC(=O)CCCCC(=O)NCCCC[C@H](N)C(=O)O)COCC(C)(C)CNC(=O)CCc1ccc(C)cc1. The van der Waals surface area contributed by atoms with Crippen LogP contribution in [0.1, 0.15) is 96.6 Å². The van der Waals surface area contributed by atoms with Crippen LogP contribution in [0.5, 0.6) is 0 Å². The first-order valence-corrected chi connectivity index (χ1v) is 15.7. The normalized spacial score (nSPS) is 13.5. The lowest BCUT2D eigenvalue weighted by atomic mass is 9.88. The van der Waals surface area contributed by atoms with Gasteiger partial charge in [-0.15, -0.1) is 0 Å². The largest absolute Gasteiger partial charge is 0.480 e. The third kappa shape index (κ3) is 18.3. The number of amides is 3. The minimum Gasteiger partial charge on any atom is -0.480 e. The predicted octanol–water partition coefficient (Wildman–Crippen LogP) is 3.88. The van der Waals surface area contributed by atoms with Crippen molar-refractivity contribution < 1.29 is 29.0 Å². The van der Waals surface area contributed by atoms with Gasteiger partial charge in [0.2, 0.25) is 17.7 Å². The summed E-state index contributed by atoms with van der Waals surface area (Å²) in [4.78, 5) is 47.4. The molecule has 10 heteroatoms. The molecule has 0 bridgehead atoms. The number of hydrogen-bond donors (Lipinski definition) is 5. The number of carboxylic acid groups (broad SMARTS) is 1. The second-order valence-electron chi connectivity index (χ2n) is 12.9. The van der Waals surface area contributed by atoms with Crippen LogP contribution >= 0.6 is 0 Å². The monoisotopic (exact) mass is 604 g/mol. The van der Waals surface area contributed by atoms with Gasteiger partial charge in [0.25, 0.3) is 0 Å². The molecule has 1 unspecified atom stereocenters. The van der Waals surface area contributed by atoms with E-state index in [-0.39, 0.29) is 28.6 Å². The van der Waals surface area contributed by atoms with Gasteiger partial charge in [-0.05, 0) is 57.4 Å². The van der Waals surface area contributed by atoms with Crippen LogP contribution in [-0.2, 0) is 30.3 Å². The van der Waals surface area contributed by atoms with Gasteiger partial charge in [0, 0.05) is 49.7 Å². The zero-order valence-corrected chi connectivity index (χ0v) is 27.1. The minimum absolute atomic E-state index is 0.0333. The molecule has 6 N–H and O–H groups in total. The Hall–Kier alpha value is -2.98. The summed E-state index contributed by atoms with van der Waals surface area (Å²) in [7, 11) is 0. The van der Waals surface area contributed by atoms with Crippen LogP contribution in [0.25, 0.3) is 0 Å². The Morgan fingerprint density at radius 1 is 0.837 bits per heavy atom. The predicted molar refractivity (Wildman–Crippen MR) is 169 cm³/mol. The van der Waals surface area contributed by atoms with Crippen LogP contribution < -0.4 is 21.7 Å². The number of carboxylic acids is 1. The van der Waals surface area contributed by atoms with Gasteiger partial charge in [0.05, 0.1) is 13.2 Å². The lowest BCUT2D eigenvalue weighted by Crippen LogP contribution is -2.40. The van der Waals surface area contributed by atoms with Crippen LogP contribution in [0, 0.1) is 17.8 Å². The second kappa shape index (κ2) is 20.1. The molecule has 2 atom stereocenters. The van der Waals surface area contributed by atoms with E-state index < -0.39 is 12.0 Å². The lowest BCUT2D eigenvalue weighted by Gasteiger charge is -2.31. The Morgan fingerprint density at radius 2 is 1.42 bits per heavy atom. The first kappa shape index (κ1) is 38.0. The summed E-state index contributed by atoms with van der Waals surface area (Å²) in [6.07, 6.45) is 5.67. The number of benzene rings is 1. The summed E-state index contributed by atoms with van der Waals surface area (Å²) in [6, 6.07) is 7.38. The summed E-state index contributed by atoms with van der Waals surface area (Å²) in [5.41, 5.74) is 7.39. The van der Waals surface area contributed by atoms with Gasteiger partial charge in [-0.1, -0.05) is 57.5 Å². The maximum atomic E-state index is 12.4. The molecule has 0 fully saturated rings. The third-order valence-corrected chi connectivity index (χ3v) is 7.67. The topological polar surface area (TPSA) is 160 Å². The lowest BCUT2D eigenvalue weighted by molar-refractivity contribution is -0.138. The van der Waals surface area contributed by atoms with E-state index in [2.05, 4.69) is 67.9 Å². The summed E-state index contributed by atoms with van der Waals surface area (Å²) in [5.74, 6) is -1.08. The number of nitrogens with two attached hydrogens (primary N) is 1. The molecule has 10 nitrogen and oxygen atoms in total. The van der Waals surface area contributed by atoms with Gasteiger partial charge in [-0.3, -0.25) is 19.2 Å². The van der Waals surface area contributed by atoms with Gasteiger partial charge < -0.3 is 31.5 Å². The average Bonchev–Trinajstić information content (AvgIpc) is 2.96. The van der Waals surface area contributed by atoms with Crippen molar-refractivity contribution >= 4 is 23.7 Å². The highest BCUT2D eigenvalue weighted by Gasteiger charge is 2.26. The Bertz CT molecular complexity index is 998. The van der Waals surface area contributed by atoms with Gasteiger partial charge in [0.1, 0.15) is 6.04 Å². The second-order valence-corrected chi connectivity index (χ2v) is 12.9. The number of nitrogens with one attached hydrogen (secondary N) is 3. The maximum absolute atomic E-state index is 12.4. The number of carbonyl (C=O) groups excluding carboxylic acids is 3. The van der Waals surface area contributed by atoms with E-state index in [9.17, 15) is 19.2 Å². The molecule has 0 saturated carbocycles. The summed E-state index contributed by atoms with van der Waals surface area (Å²) in [6.45, 7) is 12.9. The molecule has 1 aromatic rings. The smallest absolute Gasteiger partial charge is 0.320 e. The third-order valence-electron chi connectivity index (χ3n) is 7.67. The fourth-order valence-electron chi connectivity index (χ4n) is 4.24. The quantitative estimate of drug-likeness (QED) is 0.119. The summed E-state index contributed by atoms with van der Waals surface area (Å²) >= 11 is 0. The Labute approximate surface area is 258 Å². The number of aryl methyl sites for hydroxylation is 2. The number of rotatable bonds is 23. The van der Waals surface area contributed by atoms with E-state index in [1.807, 2.05) is 6.92 Å². The zero-order valence-electron chi connectivity index (χ0n) is 27.1. The number of carbonyl (C=O) groups is 4. The zero-order chi connectivity index (χ0) is 32.3. The van der Waals surface area contributed by atoms with E-state index in [0.29, 0.717) is 90.6 Å². The molecule has 1 aromatic carbocycles. The minimum atomic E-state index is -1.01.